The fraction of sp³-hybridized carbons (Fsp3) is 0.750. The number of rotatable bonds is 4. The Balaban J connectivity index is 3.68. The van der Waals surface area contributed by atoms with Gasteiger partial charge in [-0.2, -0.15) is 0 Å². The summed E-state index contributed by atoms with van der Waals surface area (Å²) < 4.78 is 2.84. The topological polar surface area (TPSA) is 12.0 Å². The fourth-order valence-electron chi connectivity index (χ4n) is 0.759. The molecular formula is C8H17NS. The monoisotopic (exact) mass is 159 g/mol. The Hall–Kier alpha value is 0.0500. The van der Waals surface area contributed by atoms with Gasteiger partial charge in [0.15, 0.2) is 0 Å². The smallest absolute Gasteiger partial charge is 0.00934 e. The van der Waals surface area contributed by atoms with Gasteiger partial charge in [-0.3, -0.25) is 4.72 Å². The molecule has 0 aliphatic rings. The van der Waals surface area contributed by atoms with Crippen molar-refractivity contribution in [3.05, 3.63) is 11.1 Å². The highest BCUT2D eigenvalue weighted by Gasteiger charge is 1.92. The van der Waals surface area contributed by atoms with Crippen molar-refractivity contribution < 1.29 is 0 Å². The molecule has 0 bridgehead atoms. The molecule has 0 saturated heterocycles. The van der Waals surface area contributed by atoms with Crippen LogP contribution in [0.25, 0.3) is 0 Å². The second kappa shape index (κ2) is 5.81. The highest BCUT2D eigenvalue weighted by molar-refractivity contribution is 7.78. The summed E-state index contributed by atoms with van der Waals surface area (Å²) in [4.78, 5) is 0. The maximum absolute atomic E-state index is 3.92. The quantitative estimate of drug-likeness (QED) is 0.474. The zero-order chi connectivity index (χ0) is 7.98. The van der Waals surface area contributed by atoms with Gasteiger partial charge in [0.2, 0.25) is 0 Å². The summed E-state index contributed by atoms with van der Waals surface area (Å²) in [7, 11) is 0. The van der Waals surface area contributed by atoms with E-state index >= 15 is 0 Å². The summed E-state index contributed by atoms with van der Waals surface area (Å²) in [6.07, 6.45) is 2.28. The van der Waals surface area contributed by atoms with Gasteiger partial charge in [-0.1, -0.05) is 30.9 Å². The first-order valence-corrected chi connectivity index (χ1v) is 4.19. The average Bonchev–Trinajstić information content (AvgIpc) is 1.98. The molecule has 0 aromatic carbocycles. The van der Waals surface area contributed by atoms with E-state index in [0.29, 0.717) is 0 Å². The van der Waals surface area contributed by atoms with Crippen molar-refractivity contribution in [1.82, 2.24) is 4.72 Å². The van der Waals surface area contributed by atoms with Gasteiger partial charge < -0.3 is 0 Å². The average molecular weight is 159 g/mol. The van der Waals surface area contributed by atoms with Gasteiger partial charge >= 0.3 is 0 Å². The third kappa shape index (κ3) is 3.96. The molecule has 0 aliphatic carbocycles. The number of thiol groups is 1. The molecule has 60 valence electrons. The SMILES string of the molecule is CC/C(C)=C(/C)CCNS. The van der Waals surface area contributed by atoms with Crippen molar-refractivity contribution in [1.29, 1.82) is 0 Å². The van der Waals surface area contributed by atoms with Gasteiger partial charge in [0.25, 0.3) is 0 Å². The number of allylic oxidation sites excluding steroid dienone is 1. The largest absolute Gasteiger partial charge is 0.266 e. The molecule has 0 amide bonds. The van der Waals surface area contributed by atoms with E-state index in [0.717, 1.165) is 13.0 Å². The van der Waals surface area contributed by atoms with Crippen LogP contribution in [-0.4, -0.2) is 6.54 Å². The molecule has 0 heterocycles. The number of hydrogen-bond acceptors (Lipinski definition) is 2. The lowest BCUT2D eigenvalue weighted by Gasteiger charge is -2.03. The van der Waals surface area contributed by atoms with Crippen LogP contribution in [0.3, 0.4) is 0 Å². The molecule has 1 nitrogen and oxygen atoms in total. The van der Waals surface area contributed by atoms with Crippen LogP contribution in [-0.2, 0) is 0 Å². The van der Waals surface area contributed by atoms with E-state index in [4.69, 9.17) is 0 Å². The highest BCUT2D eigenvalue weighted by Crippen LogP contribution is 2.09. The van der Waals surface area contributed by atoms with E-state index in [9.17, 15) is 0 Å². The standard InChI is InChI=1S/C8H17NS/c1-4-7(2)8(3)5-6-9-10/h9-10H,4-6H2,1-3H3/b8-7-. The van der Waals surface area contributed by atoms with Gasteiger partial charge in [0.05, 0.1) is 0 Å². The van der Waals surface area contributed by atoms with Crippen LogP contribution in [0.1, 0.15) is 33.6 Å². The molecule has 0 fully saturated rings. The fourth-order valence-corrected chi connectivity index (χ4v) is 0.870. The molecule has 0 aromatic rings. The normalized spacial score (nSPS) is 13.2. The van der Waals surface area contributed by atoms with E-state index in [2.05, 4.69) is 38.3 Å². The lowest BCUT2D eigenvalue weighted by molar-refractivity contribution is 0.873. The Morgan fingerprint density at radius 2 is 1.90 bits per heavy atom. The second-order valence-electron chi connectivity index (χ2n) is 2.57. The zero-order valence-corrected chi connectivity index (χ0v) is 7.96. The third-order valence-electron chi connectivity index (χ3n) is 1.87. The van der Waals surface area contributed by atoms with Gasteiger partial charge in [0.1, 0.15) is 0 Å². The van der Waals surface area contributed by atoms with Gasteiger partial charge in [-0.25, -0.2) is 0 Å². The Labute approximate surface area is 69.4 Å². The van der Waals surface area contributed by atoms with E-state index < -0.39 is 0 Å². The predicted octanol–water partition coefficient (Wildman–Crippen LogP) is 2.56. The molecule has 10 heavy (non-hydrogen) atoms. The van der Waals surface area contributed by atoms with Crippen molar-refractivity contribution in [3.8, 4) is 0 Å². The molecule has 2 heteroatoms. The van der Waals surface area contributed by atoms with Crippen LogP contribution in [0.5, 0.6) is 0 Å². The lowest BCUT2D eigenvalue weighted by atomic mass is 10.1. The molecule has 0 spiro atoms. The minimum atomic E-state index is 0.965. The van der Waals surface area contributed by atoms with E-state index in [1.54, 1.807) is 0 Å². The second-order valence-corrected chi connectivity index (χ2v) is 2.89. The molecule has 1 N–H and O–H groups in total. The first-order chi connectivity index (χ1) is 4.72. The van der Waals surface area contributed by atoms with Crippen LogP contribution in [0, 0.1) is 0 Å². The predicted molar refractivity (Wildman–Crippen MR) is 50.3 cm³/mol. The van der Waals surface area contributed by atoms with Crippen molar-refractivity contribution in [3.63, 3.8) is 0 Å². The molecule has 0 rings (SSSR count). The molecular weight excluding hydrogens is 142 g/mol. The maximum atomic E-state index is 3.92. The first-order valence-electron chi connectivity index (χ1n) is 3.74. The Kier molecular flexibility index (Phi) is 5.84. The molecule has 0 saturated carbocycles. The van der Waals surface area contributed by atoms with Gasteiger partial charge in [-0.05, 0) is 26.7 Å². The highest BCUT2D eigenvalue weighted by atomic mass is 32.1. The maximum Gasteiger partial charge on any atom is 0.00934 e. The van der Waals surface area contributed by atoms with E-state index in [1.807, 2.05) is 0 Å². The van der Waals surface area contributed by atoms with Crippen LogP contribution in [0.2, 0.25) is 0 Å². The van der Waals surface area contributed by atoms with E-state index in [1.165, 1.54) is 17.6 Å². The van der Waals surface area contributed by atoms with E-state index in [-0.39, 0.29) is 0 Å². The Bertz CT molecular complexity index is 118. The summed E-state index contributed by atoms with van der Waals surface area (Å²) in [5.41, 5.74) is 2.99. The molecule has 0 aromatic heterocycles. The summed E-state index contributed by atoms with van der Waals surface area (Å²) >= 11 is 3.92. The summed E-state index contributed by atoms with van der Waals surface area (Å²) in [5, 5.41) is 0. The summed E-state index contributed by atoms with van der Waals surface area (Å²) in [5.74, 6) is 0. The zero-order valence-electron chi connectivity index (χ0n) is 7.07. The Morgan fingerprint density at radius 1 is 1.30 bits per heavy atom. The Morgan fingerprint density at radius 3 is 2.30 bits per heavy atom. The van der Waals surface area contributed by atoms with Crippen LogP contribution in [0.15, 0.2) is 11.1 Å². The van der Waals surface area contributed by atoms with Crippen molar-refractivity contribution in [2.45, 2.75) is 33.6 Å². The van der Waals surface area contributed by atoms with Crippen LogP contribution < -0.4 is 4.72 Å². The molecule has 0 aliphatic heterocycles. The molecule has 0 radical (unpaired) electrons. The lowest BCUT2D eigenvalue weighted by Crippen LogP contribution is -2.01. The number of hydrogen-bond donors (Lipinski definition) is 2. The van der Waals surface area contributed by atoms with Crippen molar-refractivity contribution in [2.24, 2.45) is 0 Å². The summed E-state index contributed by atoms with van der Waals surface area (Å²) in [6, 6.07) is 0. The third-order valence-corrected chi connectivity index (χ3v) is 2.09. The van der Waals surface area contributed by atoms with Crippen LogP contribution in [0.4, 0.5) is 0 Å². The number of nitrogens with one attached hydrogen (secondary N) is 1. The first kappa shape index (κ1) is 10.0. The van der Waals surface area contributed by atoms with Crippen LogP contribution >= 0.6 is 12.8 Å². The van der Waals surface area contributed by atoms with Gasteiger partial charge in [0, 0.05) is 6.54 Å². The molecule has 0 atom stereocenters. The molecule has 0 unspecified atom stereocenters. The summed E-state index contributed by atoms with van der Waals surface area (Å²) in [6.45, 7) is 7.52. The van der Waals surface area contributed by atoms with Crippen molar-refractivity contribution >= 4 is 12.8 Å². The van der Waals surface area contributed by atoms with Gasteiger partial charge in [-0.15, -0.1) is 0 Å². The minimum Gasteiger partial charge on any atom is -0.266 e. The van der Waals surface area contributed by atoms with Crippen molar-refractivity contribution in [2.75, 3.05) is 6.54 Å². The minimum absolute atomic E-state index is 0.965.